The molecular formula is C15H19N3O2. The van der Waals surface area contributed by atoms with E-state index in [0.717, 1.165) is 18.4 Å². The van der Waals surface area contributed by atoms with Crippen LogP contribution in [0.25, 0.3) is 0 Å². The second-order valence-corrected chi connectivity index (χ2v) is 5.46. The van der Waals surface area contributed by atoms with Gasteiger partial charge in [0.15, 0.2) is 5.82 Å². The average Bonchev–Trinajstić information content (AvgIpc) is 3.11. The lowest BCUT2D eigenvalue weighted by Gasteiger charge is -2.14. The third-order valence-electron chi connectivity index (χ3n) is 3.92. The maximum atomic E-state index is 10.2. The summed E-state index contributed by atoms with van der Waals surface area (Å²) in [5, 5.41) is 14.1. The molecule has 106 valence electrons. The fraction of sp³-hybridized carbons (Fsp3) is 0.533. The Hall–Kier alpha value is -1.75. The molecule has 5 heteroatoms. The van der Waals surface area contributed by atoms with Crippen LogP contribution in [0.4, 0.5) is 0 Å². The van der Waals surface area contributed by atoms with Gasteiger partial charge in [0, 0.05) is 18.8 Å². The van der Waals surface area contributed by atoms with Crippen LogP contribution in [0.15, 0.2) is 29.0 Å². The molecule has 3 rings (SSSR count). The molecular weight excluding hydrogens is 254 g/mol. The maximum absolute atomic E-state index is 10.2. The van der Waals surface area contributed by atoms with Gasteiger partial charge in [0.05, 0.1) is 12.5 Å². The molecule has 5 nitrogen and oxygen atoms in total. The summed E-state index contributed by atoms with van der Waals surface area (Å²) in [5.41, 5.74) is 1.05. The Bertz CT molecular complexity index is 535. The Balaban J connectivity index is 1.59. The normalized spacial score (nSPS) is 17.4. The SMILES string of the molecule is OC(Cc1nc(Cc2cccnc2)no1)C1CCCC1. The predicted molar refractivity (Wildman–Crippen MR) is 73.0 cm³/mol. The lowest BCUT2D eigenvalue weighted by molar-refractivity contribution is 0.102. The minimum atomic E-state index is -0.357. The Morgan fingerprint density at radius 2 is 2.20 bits per heavy atom. The summed E-state index contributed by atoms with van der Waals surface area (Å²) in [6.45, 7) is 0. The van der Waals surface area contributed by atoms with Gasteiger partial charge in [-0.1, -0.05) is 24.1 Å². The standard InChI is InChI=1S/C15H19N3O2/c19-13(12-5-1-2-6-12)9-15-17-14(18-20-15)8-11-4-3-7-16-10-11/h3-4,7,10,12-13,19H,1-2,5-6,8-9H2. The van der Waals surface area contributed by atoms with Crippen molar-refractivity contribution < 1.29 is 9.63 Å². The van der Waals surface area contributed by atoms with Gasteiger partial charge in [-0.15, -0.1) is 0 Å². The molecule has 1 N–H and O–H groups in total. The van der Waals surface area contributed by atoms with Crippen molar-refractivity contribution in [3.63, 3.8) is 0 Å². The van der Waals surface area contributed by atoms with Gasteiger partial charge < -0.3 is 9.63 Å². The van der Waals surface area contributed by atoms with Gasteiger partial charge in [-0.3, -0.25) is 4.98 Å². The summed E-state index contributed by atoms with van der Waals surface area (Å²) < 4.78 is 5.23. The van der Waals surface area contributed by atoms with Gasteiger partial charge in [-0.2, -0.15) is 4.98 Å². The van der Waals surface area contributed by atoms with Crippen LogP contribution in [-0.4, -0.2) is 26.3 Å². The van der Waals surface area contributed by atoms with Crippen LogP contribution in [0.1, 0.15) is 43.0 Å². The van der Waals surface area contributed by atoms with Crippen molar-refractivity contribution in [2.45, 2.75) is 44.6 Å². The molecule has 0 aliphatic heterocycles. The van der Waals surface area contributed by atoms with Crippen LogP contribution in [0.2, 0.25) is 0 Å². The minimum absolute atomic E-state index is 0.357. The zero-order valence-corrected chi connectivity index (χ0v) is 11.4. The summed E-state index contributed by atoms with van der Waals surface area (Å²) in [5.74, 6) is 1.57. The Morgan fingerprint density at radius 3 is 2.95 bits per heavy atom. The third-order valence-corrected chi connectivity index (χ3v) is 3.92. The Labute approximate surface area is 118 Å². The molecule has 1 atom stereocenters. The molecule has 1 saturated carbocycles. The number of hydrogen-bond donors (Lipinski definition) is 1. The number of rotatable bonds is 5. The molecule has 0 aromatic carbocycles. The zero-order chi connectivity index (χ0) is 13.8. The topological polar surface area (TPSA) is 72.0 Å². The molecule has 2 heterocycles. The van der Waals surface area contributed by atoms with Crippen molar-refractivity contribution in [1.29, 1.82) is 0 Å². The van der Waals surface area contributed by atoms with Crippen LogP contribution in [0.3, 0.4) is 0 Å². The summed E-state index contributed by atoms with van der Waals surface area (Å²) >= 11 is 0. The van der Waals surface area contributed by atoms with Crippen molar-refractivity contribution >= 4 is 0 Å². The van der Waals surface area contributed by atoms with Crippen LogP contribution in [-0.2, 0) is 12.8 Å². The van der Waals surface area contributed by atoms with Crippen LogP contribution >= 0.6 is 0 Å². The summed E-state index contributed by atoms with van der Waals surface area (Å²) in [6.07, 6.45) is 8.91. The second kappa shape index (κ2) is 6.13. The van der Waals surface area contributed by atoms with Gasteiger partial charge in [-0.25, -0.2) is 0 Å². The van der Waals surface area contributed by atoms with Gasteiger partial charge in [0.25, 0.3) is 0 Å². The molecule has 2 aromatic heterocycles. The van der Waals surface area contributed by atoms with E-state index in [4.69, 9.17) is 4.52 Å². The summed E-state index contributed by atoms with van der Waals surface area (Å²) in [4.78, 5) is 8.41. The van der Waals surface area contributed by atoms with E-state index >= 15 is 0 Å². The molecule has 1 fully saturated rings. The van der Waals surface area contributed by atoms with E-state index < -0.39 is 0 Å². The van der Waals surface area contributed by atoms with E-state index in [1.807, 2.05) is 12.1 Å². The van der Waals surface area contributed by atoms with Crippen LogP contribution in [0.5, 0.6) is 0 Å². The van der Waals surface area contributed by atoms with Crippen molar-refractivity contribution in [2.24, 2.45) is 5.92 Å². The number of pyridine rings is 1. The van der Waals surface area contributed by atoms with E-state index in [9.17, 15) is 5.11 Å². The highest BCUT2D eigenvalue weighted by Gasteiger charge is 2.25. The highest BCUT2D eigenvalue weighted by molar-refractivity contribution is 5.13. The molecule has 0 spiro atoms. The van der Waals surface area contributed by atoms with Crippen molar-refractivity contribution in [2.75, 3.05) is 0 Å². The molecule has 2 aromatic rings. The zero-order valence-electron chi connectivity index (χ0n) is 11.4. The fourth-order valence-corrected chi connectivity index (χ4v) is 2.82. The van der Waals surface area contributed by atoms with Gasteiger partial charge in [0.2, 0.25) is 5.89 Å². The lowest BCUT2D eigenvalue weighted by Crippen LogP contribution is -2.20. The Morgan fingerprint density at radius 1 is 1.35 bits per heavy atom. The first-order valence-corrected chi connectivity index (χ1v) is 7.19. The molecule has 1 aliphatic rings. The minimum Gasteiger partial charge on any atom is -0.392 e. The maximum Gasteiger partial charge on any atom is 0.229 e. The van der Waals surface area contributed by atoms with Crippen molar-refractivity contribution in [3.05, 3.63) is 41.8 Å². The fourth-order valence-electron chi connectivity index (χ4n) is 2.82. The van der Waals surface area contributed by atoms with E-state index in [1.54, 1.807) is 12.4 Å². The number of hydrogen-bond acceptors (Lipinski definition) is 5. The van der Waals surface area contributed by atoms with Crippen LogP contribution in [0, 0.1) is 5.92 Å². The highest BCUT2D eigenvalue weighted by atomic mass is 16.5. The Kier molecular flexibility index (Phi) is 4.06. The van der Waals surface area contributed by atoms with Gasteiger partial charge in [0.1, 0.15) is 0 Å². The smallest absolute Gasteiger partial charge is 0.229 e. The first-order chi connectivity index (χ1) is 9.81. The third kappa shape index (κ3) is 3.22. The first-order valence-electron chi connectivity index (χ1n) is 7.19. The number of aromatic nitrogens is 3. The molecule has 20 heavy (non-hydrogen) atoms. The van der Waals surface area contributed by atoms with E-state index in [0.29, 0.717) is 30.5 Å². The van der Waals surface area contributed by atoms with Crippen molar-refractivity contribution in [3.8, 4) is 0 Å². The van der Waals surface area contributed by atoms with Crippen molar-refractivity contribution in [1.82, 2.24) is 15.1 Å². The van der Waals surface area contributed by atoms with E-state index in [-0.39, 0.29) is 6.10 Å². The van der Waals surface area contributed by atoms with E-state index in [1.165, 1.54) is 12.8 Å². The molecule has 0 bridgehead atoms. The van der Waals surface area contributed by atoms with Gasteiger partial charge >= 0.3 is 0 Å². The second-order valence-electron chi connectivity index (χ2n) is 5.46. The molecule has 1 aliphatic carbocycles. The molecule has 0 saturated heterocycles. The van der Waals surface area contributed by atoms with Crippen LogP contribution < -0.4 is 0 Å². The molecule has 0 radical (unpaired) electrons. The highest BCUT2D eigenvalue weighted by Crippen LogP contribution is 2.28. The summed E-state index contributed by atoms with van der Waals surface area (Å²) in [6, 6.07) is 3.87. The lowest BCUT2D eigenvalue weighted by atomic mass is 9.98. The number of aliphatic hydroxyl groups is 1. The number of aliphatic hydroxyl groups excluding tert-OH is 1. The molecule has 0 amide bonds. The first kappa shape index (κ1) is 13.2. The number of nitrogens with zero attached hydrogens (tertiary/aromatic N) is 3. The average molecular weight is 273 g/mol. The summed E-state index contributed by atoms with van der Waals surface area (Å²) in [7, 11) is 0. The predicted octanol–water partition coefficient (Wildman–Crippen LogP) is 2.15. The van der Waals surface area contributed by atoms with E-state index in [2.05, 4.69) is 15.1 Å². The monoisotopic (exact) mass is 273 g/mol. The largest absolute Gasteiger partial charge is 0.392 e. The van der Waals surface area contributed by atoms with Gasteiger partial charge in [-0.05, 0) is 30.4 Å². The molecule has 1 unspecified atom stereocenters. The quantitative estimate of drug-likeness (QED) is 0.903.